The van der Waals surface area contributed by atoms with Gasteiger partial charge < -0.3 is 4.57 Å². The molecule has 0 atom stereocenters. The molecule has 150 valence electrons. The summed E-state index contributed by atoms with van der Waals surface area (Å²) in [7, 11) is -3.57. The van der Waals surface area contributed by atoms with Gasteiger partial charge >= 0.3 is 0 Å². The SMILES string of the molecule is C#CCn1c(=NC(=O)c2ccc(S(=O)(=O)N(CC)CC)cc2)sc2ccccc21. The number of rotatable bonds is 6. The fraction of sp³-hybridized carbons (Fsp3) is 0.238. The van der Waals surface area contributed by atoms with E-state index in [-0.39, 0.29) is 4.90 Å². The van der Waals surface area contributed by atoms with Crippen molar-refractivity contribution in [2.75, 3.05) is 13.1 Å². The highest BCUT2D eigenvalue weighted by Crippen LogP contribution is 2.18. The Labute approximate surface area is 174 Å². The van der Waals surface area contributed by atoms with Crippen molar-refractivity contribution in [2.24, 2.45) is 4.99 Å². The molecule has 0 N–H and O–H groups in total. The van der Waals surface area contributed by atoms with Crippen molar-refractivity contribution in [1.82, 2.24) is 8.87 Å². The number of para-hydroxylation sites is 1. The second-order valence-corrected chi connectivity index (χ2v) is 9.12. The number of aromatic nitrogens is 1. The van der Waals surface area contributed by atoms with E-state index in [1.54, 1.807) is 13.8 Å². The number of amides is 1. The fourth-order valence-electron chi connectivity index (χ4n) is 2.98. The molecule has 1 aromatic heterocycles. The molecule has 0 saturated carbocycles. The fourth-order valence-corrected chi connectivity index (χ4v) is 5.47. The summed E-state index contributed by atoms with van der Waals surface area (Å²) in [5.41, 5.74) is 1.23. The van der Waals surface area contributed by atoms with Gasteiger partial charge in [0.1, 0.15) is 0 Å². The molecule has 1 heterocycles. The van der Waals surface area contributed by atoms with E-state index in [1.165, 1.54) is 39.9 Å². The first-order valence-corrected chi connectivity index (χ1v) is 11.4. The minimum atomic E-state index is -3.57. The summed E-state index contributed by atoms with van der Waals surface area (Å²) in [6, 6.07) is 13.6. The maximum Gasteiger partial charge on any atom is 0.279 e. The third kappa shape index (κ3) is 4.17. The molecule has 29 heavy (non-hydrogen) atoms. The van der Waals surface area contributed by atoms with Crippen LogP contribution in [-0.4, -0.2) is 36.3 Å². The van der Waals surface area contributed by atoms with Gasteiger partial charge in [0.25, 0.3) is 5.91 Å². The van der Waals surface area contributed by atoms with E-state index in [0.29, 0.717) is 30.0 Å². The molecule has 3 rings (SSSR count). The lowest BCUT2D eigenvalue weighted by molar-refractivity contribution is 0.0998. The summed E-state index contributed by atoms with van der Waals surface area (Å²) in [5.74, 6) is 2.14. The van der Waals surface area contributed by atoms with E-state index >= 15 is 0 Å². The maximum atomic E-state index is 12.7. The van der Waals surface area contributed by atoms with Gasteiger partial charge in [-0.3, -0.25) is 4.79 Å². The van der Waals surface area contributed by atoms with Crippen LogP contribution < -0.4 is 4.80 Å². The molecule has 0 fully saturated rings. The number of sulfonamides is 1. The third-order valence-corrected chi connectivity index (χ3v) is 7.60. The molecule has 2 aromatic carbocycles. The maximum absolute atomic E-state index is 12.7. The van der Waals surface area contributed by atoms with Crippen LogP contribution in [-0.2, 0) is 16.6 Å². The van der Waals surface area contributed by atoms with E-state index in [1.807, 2.05) is 28.8 Å². The van der Waals surface area contributed by atoms with Crippen molar-refractivity contribution >= 4 is 37.5 Å². The Balaban J connectivity index is 1.97. The molecule has 0 radical (unpaired) electrons. The first kappa shape index (κ1) is 21.0. The standard InChI is InChI=1S/C21H21N3O3S2/c1-4-15-24-18-9-7-8-10-19(18)28-21(24)22-20(25)16-11-13-17(14-12-16)29(26,27)23(5-2)6-3/h1,7-14H,5-6,15H2,2-3H3. The van der Waals surface area contributed by atoms with Crippen LogP contribution in [0.1, 0.15) is 24.2 Å². The Kier molecular flexibility index (Phi) is 6.33. The molecular weight excluding hydrogens is 406 g/mol. The van der Waals surface area contributed by atoms with Crippen LogP contribution in [0.25, 0.3) is 10.2 Å². The Bertz CT molecular complexity index is 1240. The first-order valence-electron chi connectivity index (χ1n) is 9.13. The number of terminal acetylenes is 1. The molecule has 0 spiro atoms. The van der Waals surface area contributed by atoms with Gasteiger partial charge in [-0.15, -0.1) is 6.42 Å². The third-order valence-electron chi connectivity index (χ3n) is 4.48. The normalized spacial score (nSPS) is 12.4. The summed E-state index contributed by atoms with van der Waals surface area (Å²) >= 11 is 1.38. The number of benzene rings is 2. The molecule has 0 aliphatic carbocycles. The predicted octanol–water partition coefficient (Wildman–Crippen LogP) is 3.11. The Morgan fingerprint density at radius 2 is 1.79 bits per heavy atom. The summed E-state index contributed by atoms with van der Waals surface area (Å²) in [4.78, 5) is 17.6. The van der Waals surface area contributed by atoms with Crippen LogP contribution in [0, 0.1) is 12.3 Å². The highest BCUT2D eigenvalue weighted by atomic mass is 32.2. The molecule has 0 bridgehead atoms. The molecule has 6 nitrogen and oxygen atoms in total. The second-order valence-electron chi connectivity index (χ2n) is 6.17. The Hall–Kier alpha value is -2.73. The Morgan fingerprint density at radius 1 is 1.14 bits per heavy atom. The monoisotopic (exact) mass is 427 g/mol. The molecular formula is C21H21N3O3S2. The molecule has 0 unspecified atom stereocenters. The first-order chi connectivity index (χ1) is 13.9. The summed E-state index contributed by atoms with van der Waals surface area (Å²) in [6.07, 6.45) is 5.47. The van der Waals surface area contributed by atoms with E-state index in [0.717, 1.165) is 10.2 Å². The molecule has 3 aromatic rings. The summed E-state index contributed by atoms with van der Waals surface area (Å²) in [5, 5.41) is 0. The molecule has 8 heteroatoms. The van der Waals surface area contributed by atoms with Gasteiger partial charge in [-0.05, 0) is 36.4 Å². The number of nitrogens with zero attached hydrogens (tertiary/aromatic N) is 3. The highest BCUT2D eigenvalue weighted by molar-refractivity contribution is 7.89. The lowest BCUT2D eigenvalue weighted by Gasteiger charge is -2.18. The number of carbonyl (C=O) groups is 1. The van der Waals surface area contributed by atoms with Crippen molar-refractivity contribution in [2.45, 2.75) is 25.3 Å². The van der Waals surface area contributed by atoms with Gasteiger partial charge in [0.15, 0.2) is 4.80 Å². The zero-order valence-electron chi connectivity index (χ0n) is 16.2. The minimum absolute atomic E-state index is 0.155. The quantitative estimate of drug-likeness (QED) is 0.568. The van der Waals surface area contributed by atoms with Crippen molar-refractivity contribution in [3.05, 3.63) is 58.9 Å². The summed E-state index contributed by atoms with van der Waals surface area (Å²) < 4.78 is 29.3. The van der Waals surface area contributed by atoms with Crippen molar-refractivity contribution in [1.29, 1.82) is 0 Å². The van der Waals surface area contributed by atoms with Gasteiger partial charge in [0.2, 0.25) is 10.0 Å². The van der Waals surface area contributed by atoms with E-state index in [9.17, 15) is 13.2 Å². The number of fused-ring (bicyclic) bond motifs is 1. The van der Waals surface area contributed by atoms with Crippen LogP contribution in [0.3, 0.4) is 0 Å². The van der Waals surface area contributed by atoms with Gasteiger partial charge in [-0.25, -0.2) is 8.42 Å². The smallest absolute Gasteiger partial charge is 0.279 e. The van der Waals surface area contributed by atoms with E-state index in [2.05, 4.69) is 10.9 Å². The van der Waals surface area contributed by atoms with Crippen molar-refractivity contribution in [3.8, 4) is 12.3 Å². The lowest BCUT2D eigenvalue weighted by atomic mass is 10.2. The van der Waals surface area contributed by atoms with Crippen LogP contribution in [0.5, 0.6) is 0 Å². The largest absolute Gasteiger partial charge is 0.305 e. The molecule has 1 amide bonds. The molecule has 0 aliphatic rings. The number of hydrogen-bond acceptors (Lipinski definition) is 4. The van der Waals surface area contributed by atoms with Crippen molar-refractivity contribution in [3.63, 3.8) is 0 Å². The lowest BCUT2D eigenvalue weighted by Crippen LogP contribution is -2.30. The van der Waals surface area contributed by atoms with Crippen LogP contribution in [0.4, 0.5) is 0 Å². The average Bonchev–Trinajstić information content (AvgIpc) is 3.06. The second kappa shape index (κ2) is 8.74. The zero-order chi connectivity index (χ0) is 21.0. The number of carbonyl (C=O) groups excluding carboxylic acids is 1. The van der Waals surface area contributed by atoms with Gasteiger partial charge in [0.05, 0.1) is 21.7 Å². The van der Waals surface area contributed by atoms with Crippen LogP contribution >= 0.6 is 11.3 Å². The number of hydrogen-bond donors (Lipinski definition) is 0. The molecule has 0 saturated heterocycles. The average molecular weight is 428 g/mol. The van der Waals surface area contributed by atoms with Gasteiger partial charge in [-0.1, -0.05) is 43.2 Å². The Morgan fingerprint density at radius 3 is 2.41 bits per heavy atom. The zero-order valence-corrected chi connectivity index (χ0v) is 17.8. The topological polar surface area (TPSA) is 71.7 Å². The number of thiazole rings is 1. The van der Waals surface area contributed by atoms with Crippen molar-refractivity contribution < 1.29 is 13.2 Å². The van der Waals surface area contributed by atoms with Gasteiger partial charge in [-0.2, -0.15) is 9.30 Å². The molecule has 0 aliphatic heterocycles. The minimum Gasteiger partial charge on any atom is -0.305 e. The highest BCUT2D eigenvalue weighted by Gasteiger charge is 2.21. The van der Waals surface area contributed by atoms with Crippen LogP contribution in [0.2, 0.25) is 0 Å². The van der Waals surface area contributed by atoms with Crippen LogP contribution in [0.15, 0.2) is 58.4 Å². The van der Waals surface area contributed by atoms with E-state index < -0.39 is 15.9 Å². The predicted molar refractivity (Wildman–Crippen MR) is 115 cm³/mol. The van der Waals surface area contributed by atoms with E-state index in [4.69, 9.17) is 6.42 Å². The summed E-state index contributed by atoms with van der Waals surface area (Å²) in [6.45, 7) is 4.64. The van der Waals surface area contributed by atoms with Gasteiger partial charge in [0, 0.05) is 18.7 Å².